The number of imide groups is 1. The maximum absolute atomic E-state index is 12.8. The average Bonchev–Trinajstić information content (AvgIpc) is 2.69. The molecule has 3 aromatic rings. The number of aromatic nitrogens is 2. The van der Waals surface area contributed by atoms with Gasteiger partial charge in [-0.05, 0) is 30.7 Å². The molecule has 0 saturated carbocycles. The van der Waals surface area contributed by atoms with Crippen molar-refractivity contribution in [1.82, 2.24) is 14.5 Å². The quantitative estimate of drug-likeness (QED) is 0.643. The van der Waals surface area contributed by atoms with Crippen molar-refractivity contribution >= 4 is 34.6 Å². The minimum absolute atomic E-state index is 0.0904. The second-order valence-corrected chi connectivity index (χ2v) is 6.61. The average molecular weight is 416 g/mol. The van der Waals surface area contributed by atoms with Crippen LogP contribution in [-0.4, -0.2) is 27.7 Å². The molecule has 29 heavy (non-hydrogen) atoms. The van der Waals surface area contributed by atoms with Crippen LogP contribution < -0.4 is 16.4 Å². The van der Waals surface area contributed by atoms with Gasteiger partial charge in [0.2, 0.25) is 5.91 Å². The first-order chi connectivity index (χ1) is 13.9. The Morgan fingerprint density at radius 2 is 1.69 bits per heavy atom. The molecule has 1 aromatic heterocycles. The minimum atomic E-state index is -0.926. The SMILES string of the molecule is CCOC(=O)NC(=O)Cn1c(=O)c(=O)n(Cc2ccccc2)c2ccc(Cl)cc21. The van der Waals surface area contributed by atoms with Gasteiger partial charge in [0.15, 0.2) is 0 Å². The molecule has 0 aliphatic heterocycles. The molecule has 0 spiro atoms. The number of carbonyl (C=O) groups excluding carboxylic acids is 2. The fraction of sp³-hybridized carbons (Fsp3) is 0.200. The number of carbonyl (C=O) groups is 2. The normalized spacial score (nSPS) is 10.7. The van der Waals surface area contributed by atoms with Crippen LogP contribution in [0.5, 0.6) is 0 Å². The van der Waals surface area contributed by atoms with Crippen molar-refractivity contribution in [3.8, 4) is 0 Å². The second kappa shape index (κ2) is 8.74. The van der Waals surface area contributed by atoms with Gasteiger partial charge in [-0.2, -0.15) is 0 Å². The van der Waals surface area contributed by atoms with Gasteiger partial charge in [-0.25, -0.2) is 4.79 Å². The Hall–Kier alpha value is -3.39. The summed E-state index contributed by atoms with van der Waals surface area (Å²) in [6.07, 6.45) is -0.926. The third-order valence-electron chi connectivity index (χ3n) is 4.19. The third kappa shape index (κ3) is 4.55. The van der Waals surface area contributed by atoms with E-state index in [9.17, 15) is 19.2 Å². The molecule has 0 radical (unpaired) electrons. The Bertz CT molecular complexity index is 1180. The molecule has 1 N–H and O–H groups in total. The lowest BCUT2D eigenvalue weighted by Crippen LogP contribution is -2.44. The lowest BCUT2D eigenvalue weighted by Gasteiger charge is -2.15. The monoisotopic (exact) mass is 415 g/mol. The molecule has 1 heterocycles. The largest absolute Gasteiger partial charge is 0.450 e. The van der Waals surface area contributed by atoms with Crippen LogP contribution in [0.15, 0.2) is 58.1 Å². The van der Waals surface area contributed by atoms with E-state index >= 15 is 0 Å². The minimum Gasteiger partial charge on any atom is -0.450 e. The molecule has 2 aromatic carbocycles. The molecule has 8 nitrogen and oxygen atoms in total. The Balaban J connectivity index is 2.09. The number of fused-ring (bicyclic) bond motifs is 1. The Kier molecular flexibility index (Phi) is 6.13. The zero-order valence-corrected chi connectivity index (χ0v) is 16.3. The Morgan fingerprint density at radius 3 is 2.38 bits per heavy atom. The number of nitrogens with one attached hydrogen (secondary N) is 1. The summed E-state index contributed by atoms with van der Waals surface area (Å²) in [5, 5.41) is 2.34. The summed E-state index contributed by atoms with van der Waals surface area (Å²) in [5.41, 5.74) is -0.103. The topological polar surface area (TPSA) is 99.4 Å². The van der Waals surface area contributed by atoms with Gasteiger partial charge in [0, 0.05) is 5.02 Å². The molecule has 150 valence electrons. The number of hydrogen-bond acceptors (Lipinski definition) is 5. The van der Waals surface area contributed by atoms with E-state index in [1.54, 1.807) is 19.1 Å². The molecule has 0 bridgehead atoms. The van der Waals surface area contributed by atoms with Crippen LogP contribution in [0.2, 0.25) is 5.02 Å². The summed E-state index contributed by atoms with van der Waals surface area (Å²) in [6.45, 7) is 1.34. The first kappa shape index (κ1) is 20.3. The van der Waals surface area contributed by atoms with E-state index in [1.165, 1.54) is 10.6 Å². The number of hydrogen-bond donors (Lipinski definition) is 1. The van der Waals surface area contributed by atoms with E-state index in [0.29, 0.717) is 16.1 Å². The van der Waals surface area contributed by atoms with E-state index < -0.39 is 29.7 Å². The van der Waals surface area contributed by atoms with Crippen molar-refractivity contribution in [3.05, 3.63) is 79.8 Å². The molecule has 0 unspecified atom stereocenters. The van der Waals surface area contributed by atoms with Gasteiger partial charge in [-0.15, -0.1) is 0 Å². The van der Waals surface area contributed by atoms with Gasteiger partial charge in [0.1, 0.15) is 6.54 Å². The number of benzene rings is 2. The van der Waals surface area contributed by atoms with Gasteiger partial charge >= 0.3 is 17.2 Å². The fourth-order valence-corrected chi connectivity index (χ4v) is 3.10. The predicted molar refractivity (Wildman–Crippen MR) is 108 cm³/mol. The summed E-state index contributed by atoms with van der Waals surface area (Å²) in [4.78, 5) is 49.1. The van der Waals surface area contributed by atoms with Crippen LogP contribution in [0.4, 0.5) is 4.79 Å². The molecule has 0 saturated heterocycles. The van der Waals surface area contributed by atoms with E-state index in [0.717, 1.165) is 10.1 Å². The smallest absolute Gasteiger partial charge is 0.413 e. The lowest BCUT2D eigenvalue weighted by molar-refractivity contribution is -0.121. The van der Waals surface area contributed by atoms with Gasteiger partial charge in [-0.1, -0.05) is 41.9 Å². The zero-order valence-electron chi connectivity index (χ0n) is 15.6. The molecule has 0 atom stereocenters. The van der Waals surface area contributed by atoms with Crippen LogP contribution in [-0.2, 0) is 22.6 Å². The van der Waals surface area contributed by atoms with Crippen LogP contribution in [0.1, 0.15) is 12.5 Å². The zero-order chi connectivity index (χ0) is 21.0. The van der Waals surface area contributed by atoms with Crippen LogP contribution >= 0.6 is 11.6 Å². The van der Waals surface area contributed by atoms with Crippen LogP contribution in [0.3, 0.4) is 0 Å². The highest BCUT2D eigenvalue weighted by Crippen LogP contribution is 2.18. The van der Waals surface area contributed by atoms with Crippen molar-refractivity contribution in [3.63, 3.8) is 0 Å². The number of ether oxygens (including phenoxy) is 1. The molecule has 0 fully saturated rings. The highest BCUT2D eigenvalue weighted by Gasteiger charge is 2.17. The highest BCUT2D eigenvalue weighted by atomic mass is 35.5. The summed E-state index contributed by atoms with van der Waals surface area (Å²) in [7, 11) is 0. The van der Waals surface area contributed by atoms with Gasteiger partial charge < -0.3 is 4.74 Å². The number of nitrogens with zero attached hydrogens (tertiary/aromatic N) is 2. The Morgan fingerprint density at radius 1 is 1.00 bits per heavy atom. The van der Waals surface area contributed by atoms with Gasteiger partial charge in [0.05, 0.1) is 24.2 Å². The van der Waals surface area contributed by atoms with E-state index in [1.807, 2.05) is 35.6 Å². The molecule has 9 heteroatoms. The van der Waals surface area contributed by atoms with Crippen molar-refractivity contribution < 1.29 is 14.3 Å². The molecule has 3 rings (SSSR count). The molecule has 2 amide bonds. The highest BCUT2D eigenvalue weighted by molar-refractivity contribution is 6.31. The van der Waals surface area contributed by atoms with Gasteiger partial charge in [0.25, 0.3) is 0 Å². The summed E-state index contributed by atoms with van der Waals surface area (Å²) in [5.74, 6) is -0.785. The van der Waals surface area contributed by atoms with Crippen molar-refractivity contribution in [2.24, 2.45) is 0 Å². The third-order valence-corrected chi connectivity index (χ3v) is 4.43. The van der Waals surface area contributed by atoms with Crippen LogP contribution in [0, 0.1) is 0 Å². The predicted octanol–water partition coefficient (Wildman–Crippen LogP) is 2.14. The number of amides is 2. The molecular weight excluding hydrogens is 398 g/mol. The number of alkyl carbamates (subject to hydrolysis) is 1. The molecule has 0 aliphatic carbocycles. The Labute approximate surface area is 170 Å². The van der Waals surface area contributed by atoms with Crippen molar-refractivity contribution in [1.29, 1.82) is 0 Å². The van der Waals surface area contributed by atoms with Crippen LogP contribution in [0.25, 0.3) is 11.0 Å². The summed E-state index contributed by atoms with van der Waals surface area (Å²) >= 11 is 6.08. The van der Waals surface area contributed by atoms with Crippen molar-refractivity contribution in [2.45, 2.75) is 20.0 Å². The second-order valence-electron chi connectivity index (χ2n) is 6.17. The summed E-state index contributed by atoms with van der Waals surface area (Å²) in [6, 6.07) is 13.9. The maximum atomic E-state index is 12.8. The molecule has 0 aliphatic rings. The van der Waals surface area contributed by atoms with E-state index in [-0.39, 0.29) is 13.2 Å². The number of halogens is 1. The first-order valence-electron chi connectivity index (χ1n) is 8.84. The lowest BCUT2D eigenvalue weighted by atomic mass is 10.2. The van der Waals surface area contributed by atoms with Gasteiger partial charge in [-0.3, -0.25) is 28.8 Å². The van der Waals surface area contributed by atoms with E-state index in [4.69, 9.17) is 11.6 Å². The van der Waals surface area contributed by atoms with Crippen molar-refractivity contribution in [2.75, 3.05) is 6.61 Å². The fourth-order valence-electron chi connectivity index (χ4n) is 2.93. The molecular formula is C20H18ClN3O5. The first-order valence-corrected chi connectivity index (χ1v) is 9.22. The van der Waals surface area contributed by atoms with E-state index in [2.05, 4.69) is 4.74 Å². The standard InChI is InChI=1S/C20H18ClN3O5/c1-2-29-20(28)22-17(25)12-24-16-10-14(21)8-9-15(16)23(18(26)19(24)27)11-13-6-4-3-5-7-13/h3-10H,2,11-12H2,1H3,(H,22,25,28). The maximum Gasteiger partial charge on any atom is 0.413 e. The summed E-state index contributed by atoms with van der Waals surface area (Å²) < 4.78 is 6.99. The number of rotatable bonds is 5.